The fraction of sp³-hybridized carbons (Fsp3) is 0.273. The van der Waals surface area contributed by atoms with Crippen LogP contribution in [0.2, 0.25) is 0 Å². The molecule has 0 atom stereocenters. The van der Waals surface area contributed by atoms with Crippen LogP contribution in [0.1, 0.15) is 6.92 Å². The molecule has 0 heterocycles. The number of methoxy groups -OCH3 is 1. The van der Waals surface area contributed by atoms with Crippen LogP contribution >= 0.6 is 0 Å². The van der Waals surface area contributed by atoms with Gasteiger partial charge in [0.25, 0.3) is 5.69 Å². The number of benzene rings is 1. The molecule has 104 valence electrons. The summed E-state index contributed by atoms with van der Waals surface area (Å²) < 4.78 is 31.3. The van der Waals surface area contributed by atoms with E-state index in [1.54, 1.807) is 6.92 Å². The molecule has 1 rings (SSSR count). The van der Waals surface area contributed by atoms with E-state index in [9.17, 15) is 18.5 Å². The number of rotatable bonds is 6. The third-order valence-corrected chi connectivity index (χ3v) is 3.63. The molecule has 0 unspecified atom stereocenters. The SMILES string of the molecule is C=C(C)CNS(=O)(=O)c1cc([N+](=O)[O-])ccc1OC. The number of hydrogen-bond acceptors (Lipinski definition) is 5. The van der Waals surface area contributed by atoms with Crippen LogP contribution in [0.4, 0.5) is 5.69 Å². The summed E-state index contributed by atoms with van der Waals surface area (Å²) in [5.41, 5.74) is 0.296. The van der Waals surface area contributed by atoms with Gasteiger partial charge < -0.3 is 4.74 Å². The van der Waals surface area contributed by atoms with Gasteiger partial charge in [-0.3, -0.25) is 10.1 Å². The Morgan fingerprint density at radius 1 is 1.53 bits per heavy atom. The lowest BCUT2D eigenvalue weighted by Crippen LogP contribution is -2.25. The number of hydrogen-bond donors (Lipinski definition) is 1. The highest BCUT2D eigenvalue weighted by Gasteiger charge is 2.22. The van der Waals surface area contributed by atoms with Crippen molar-refractivity contribution in [2.75, 3.05) is 13.7 Å². The lowest BCUT2D eigenvalue weighted by Gasteiger charge is -2.10. The van der Waals surface area contributed by atoms with Crippen LogP contribution in [0.15, 0.2) is 35.2 Å². The minimum Gasteiger partial charge on any atom is -0.495 e. The molecule has 0 aliphatic carbocycles. The van der Waals surface area contributed by atoms with Crippen LogP contribution in [0, 0.1) is 10.1 Å². The van der Waals surface area contributed by atoms with E-state index >= 15 is 0 Å². The molecule has 0 aliphatic rings. The number of nitrogens with one attached hydrogen (secondary N) is 1. The summed E-state index contributed by atoms with van der Waals surface area (Å²) >= 11 is 0. The lowest BCUT2D eigenvalue weighted by molar-refractivity contribution is -0.385. The minimum atomic E-state index is -3.89. The zero-order valence-electron chi connectivity index (χ0n) is 10.5. The van der Waals surface area contributed by atoms with Gasteiger partial charge in [-0.1, -0.05) is 12.2 Å². The zero-order valence-corrected chi connectivity index (χ0v) is 11.4. The molecule has 1 aromatic carbocycles. The third-order valence-electron chi connectivity index (χ3n) is 2.21. The average Bonchev–Trinajstić information content (AvgIpc) is 2.35. The molecular weight excluding hydrogens is 272 g/mol. The number of ether oxygens (including phenoxy) is 1. The van der Waals surface area contributed by atoms with Gasteiger partial charge in [-0.2, -0.15) is 0 Å². The van der Waals surface area contributed by atoms with E-state index in [-0.39, 0.29) is 22.9 Å². The van der Waals surface area contributed by atoms with Crippen molar-refractivity contribution in [3.63, 3.8) is 0 Å². The molecule has 1 aromatic rings. The van der Waals surface area contributed by atoms with Crippen LogP contribution in [-0.2, 0) is 10.0 Å². The van der Waals surface area contributed by atoms with Crippen molar-refractivity contribution in [3.05, 3.63) is 40.5 Å². The maximum Gasteiger partial charge on any atom is 0.271 e. The van der Waals surface area contributed by atoms with Gasteiger partial charge in [-0.25, -0.2) is 13.1 Å². The maximum absolute atomic E-state index is 12.0. The number of nitro groups is 1. The second-order valence-corrected chi connectivity index (χ2v) is 5.61. The Hall–Kier alpha value is -1.93. The summed E-state index contributed by atoms with van der Waals surface area (Å²) in [6.45, 7) is 5.28. The lowest BCUT2D eigenvalue weighted by atomic mass is 10.3. The van der Waals surface area contributed by atoms with Gasteiger partial charge in [0.2, 0.25) is 10.0 Å². The van der Waals surface area contributed by atoms with Crippen molar-refractivity contribution in [2.45, 2.75) is 11.8 Å². The fourth-order valence-corrected chi connectivity index (χ4v) is 2.57. The van der Waals surface area contributed by atoms with Crippen molar-refractivity contribution in [1.82, 2.24) is 4.72 Å². The minimum absolute atomic E-state index is 0.0415. The standard InChI is InChI=1S/C11H14N2O5S/c1-8(2)7-12-19(16,17)11-6-9(13(14)15)4-5-10(11)18-3/h4-6,12H,1,7H2,2-3H3. The predicted octanol–water partition coefficient (Wildman–Crippen LogP) is 1.46. The van der Waals surface area contributed by atoms with Gasteiger partial charge in [-0.15, -0.1) is 0 Å². The van der Waals surface area contributed by atoms with E-state index in [2.05, 4.69) is 11.3 Å². The Labute approximate surface area is 111 Å². The van der Waals surface area contributed by atoms with E-state index in [1.807, 2.05) is 0 Å². The molecule has 0 radical (unpaired) electrons. The third kappa shape index (κ3) is 3.76. The molecule has 0 fully saturated rings. The van der Waals surface area contributed by atoms with Crippen molar-refractivity contribution >= 4 is 15.7 Å². The highest BCUT2D eigenvalue weighted by Crippen LogP contribution is 2.27. The van der Waals surface area contributed by atoms with Crippen molar-refractivity contribution in [2.24, 2.45) is 0 Å². The van der Waals surface area contributed by atoms with Gasteiger partial charge in [0.15, 0.2) is 0 Å². The second-order valence-electron chi connectivity index (χ2n) is 3.87. The van der Waals surface area contributed by atoms with Crippen LogP contribution < -0.4 is 9.46 Å². The van der Waals surface area contributed by atoms with Gasteiger partial charge >= 0.3 is 0 Å². The number of sulfonamides is 1. The monoisotopic (exact) mass is 286 g/mol. The first kappa shape index (κ1) is 15.1. The first-order valence-electron chi connectivity index (χ1n) is 5.24. The molecule has 0 bridgehead atoms. The molecule has 0 aliphatic heterocycles. The zero-order chi connectivity index (χ0) is 14.6. The summed E-state index contributed by atoms with van der Waals surface area (Å²) in [6.07, 6.45) is 0. The largest absolute Gasteiger partial charge is 0.495 e. The smallest absolute Gasteiger partial charge is 0.271 e. The summed E-state index contributed by atoms with van der Waals surface area (Å²) in [5, 5.41) is 10.7. The molecule has 0 saturated heterocycles. The van der Waals surface area contributed by atoms with E-state index in [4.69, 9.17) is 4.74 Å². The Bertz CT molecular complexity index is 610. The fourth-order valence-electron chi connectivity index (χ4n) is 1.28. The van der Waals surface area contributed by atoms with Gasteiger partial charge in [-0.05, 0) is 13.0 Å². The summed E-state index contributed by atoms with van der Waals surface area (Å²) in [7, 11) is -2.60. The quantitative estimate of drug-likeness (QED) is 0.485. The molecular formula is C11H14N2O5S. The second kappa shape index (κ2) is 5.81. The molecule has 7 nitrogen and oxygen atoms in total. The molecule has 0 amide bonds. The molecule has 0 aromatic heterocycles. The van der Waals surface area contributed by atoms with Crippen LogP contribution in [0.5, 0.6) is 5.75 Å². The normalized spacial score (nSPS) is 11.1. The van der Waals surface area contributed by atoms with Crippen LogP contribution in [0.25, 0.3) is 0 Å². The van der Waals surface area contributed by atoms with Gasteiger partial charge in [0.05, 0.1) is 12.0 Å². The van der Waals surface area contributed by atoms with Crippen molar-refractivity contribution in [1.29, 1.82) is 0 Å². The van der Waals surface area contributed by atoms with Gasteiger partial charge in [0.1, 0.15) is 10.6 Å². The maximum atomic E-state index is 12.0. The Morgan fingerprint density at radius 2 is 2.16 bits per heavy atom. The molecule has 19 heavy (non-hydrogen) atoms. The van der Waals surface area contributed by atoms with Crippen LogP contribution in [0.3, 0.4) is 0 Å². The Kier molecular flexibility index (Phi) is 4.62. The molecule has 0 saturated carbocycles. The summed E-state index contributed by atoms with van der Waals surface area (Å²) in [6, 6.07) is 3.38. The Balaban J connectivity index is 3.26. The summed E-state index contributed by atoms with van der Waals surface area (Å²) in [5.74, 6) is 0.0415. The van der Waals surface area contributed by atoms with E-state index in [0.29, 0.717) is 5.57 Å². The van der Waals surface area contributed by atoms with Gasteiger partial charge in [0, 0.05) is 18.7 Å². The molecule has 1 N–H and O–H groups in total. The number of non-ortho nitro benzene ring substituents is 1. The average molecular weight is 286 g/mol. The van der Waals surface area contributed by atoms with E-state index in [0.717, 1.165) is 6.07 Å². The van der Waals surface area contributed by atoms with E-state index < -0.39 is 14.9 Å². The summed E-state index contributed by atoms with van der Waals surface area (Å²) in [4.78, 5) is 9.74. The highest BCUT2D eigenvalue weighted by molar-refractivity contribution is 7.89. The van der Waals surface area contributed by atoms with Crippen LogP contribution in [-0.4, -0.2) is 27.0 Å². The van der Waals surface area contributed by atoms with Crippen molar-refractivity contribution < 1.29 is 18.1 Å². The Morgan fingerprint density at radius 3 is 2.63 bits per heavy atom. The first-order chi connectivity index (χ1) is 8.77. The molecule has 8 heteroatoms. The predicted molar refractivity (Wildman–Crippen MR) is 69.7 cm³/mol. The van der Waals surface area contributed by atoms with E-state index in [1.165, 1.54) is 19.2 Å². The number of nitrogens with zero attached hydrogens (tertiary/aromatic N) is 1. The highest BCUT2D eigenvalue weighted by atomic mass is 32.2. The molecule has 0 spiro atoms. The first-order valence-corrected chi connectivity index (χ1v) is 6.72. The topological polar surface area (TPSA) is 98.5 Å². The van der Waals surface area contributed by atoms with Crippen molar-refractivity contribution in [3.8, 4) is 5.75 Å². The number of nitro benzene ring substituents is 1.